The van der Waals surface area contributed by atoms with Crippen molar-refractivity contribution in [3.8, 4) is 0 Å². The van der Waals surface area contributed by atoms with Gasteiger partial charge in [0, 0.05) is 49.6 Å². The molecule has 1 aromatic carbocycles. The third kappa shape index (κ3) is 5.26. The Labute approximate surface area is 152 Å². The van der Waals surface area contributed by atoms with Crippen LogP contribution >= 0.6 is 11.8 Å². The molecule has 6 heteroatoms. The summed E-state index contributed by atoms with van der Waals surface area (Å²) < 4.78 is 2.04. The van der Waals surface area contributed by atoms with E-state index in [1.54, 1.807) is 7.05 Å². The van der Waals surface area contributed by atoms with Gasteiger partial charge in [0.1, 0.15) is 5.65 Å². The van der Waals surface area contributed by atoms with Gasteiger partial charge in [-0.3, -0.25) is 4.99 Å². The molecule has 3 rings (SSSR count). The maximum absolute atomic E-state index is 4.60. The third-order valence-corrected chi connectivity index (χ3v) is 4.73. The lowest BCUT2D eigenvalue weighted by Crippen LogP contribution is -2.39. The predicted octanol–water partition coefficient (Wildman–Crippen LogP) is 2.83. The zero-order valence-corrected chi connectivity index (χ0v) is 15.2. The van der Waals surface area contributed by atoms with E-state index in [-0.39, 0.29) is 0 Å². The van der Waals surface area contributed by atoms with Crippen molar-refractivity contribution in [1.82, 2.24) is 20.0 Å². The van der Waals surface area contributed by atoms with Gasteiger partial charge in [0.2, 0.25) is 0 Å². The van der Waals surface area contributed by atoms with Gasteiger partial charge in [-0.15, -0.1) is 11.8 Å². The van der Waals surface area contributed by atoms with Gasteiger partial charge < -0.3 is 15.0 Å². The average Bonchev–Trinajstić information content (AvgIpc) is 3.07. The van der Waals surface area contributed by atoms with Crippen molar-refractivity contribution in [2.45, 2.75) is 11.3 Å². The molecule has 0 aliphatic carbocycles. The number of pyridine rings is 1. The lowest BCUT2D eigenvalue weighted by atomic mass is 10.3. The average molecular weight is 353 g/mol. The van der Waals surface area contributed by atoms with E-state index in [0.29, 0.717) is 0 Å². The summed E-state index contributed by atoms with van der Waals surface area (Å²) in [5, 5.41) is 6.69. The maximum atomic E-state index is 4.60. The standard InChI is InChI=1S/C19H23N5S/c1-20-19(22-12-14-25-17-7-3-2-4-8-17)21-11-10-16-15-24-13-6-5-9-18(24)23-16/h2-9,13,15H,10-12,14H2,1H3,(H2,20,21,22). The van der Waals surface area contributed by atoms with Crippen LogP contribution < -0.4 is 10.6 Å². The van der Waals surface area contributed by atoms with Crippen LogP contribution in [0.5, 0.6) is 0 Å². The zero-order chi connectivity index (χ0) is 17.3. The molecule has 2 aromatic heterocycles. The fourth-order valence-electron chi connectivity index (χ4n) is 2.49. The van der Waals surface area contributed by atoms with Crippen molar-refractivity contribution in [3.63, 3.8) is 0 Å². The first-order chi connectivity index (χ1) is 12.3. The van der Waals surface area contributed by atoms with Gasteiger partial charge in [0.25, 0.3) is 0 Å². The second kappa shape index (κ2) is 9.13. The highest BCUT2D eigenvalue weighted by atomic mass is 32.2. The highest BCUT2D eigenvalue weighted by Crippen LogP contribution is 2.15. The zero-order valence-electron chi connectivity index (χ0n) is 14.4. The Morgan fingerprint density at radius 3 is 2.68 bits per heavy atom. The summed E-state index contributed by atoms with van der Waals surface area (Å²) in [7, 11) is 1.80. The fourth-order valence-corrected chi connectivity index (χ4v) is 3.28. The normalized spacial score (nSPS) is 11.6. The third-order valence-electron chi connectivity index (χ3n) is 3.72. The van der Waals surface area contributed by atoms with Crippen LogP contribution in [0.2, 0.25) is 0 Å². The minimum Gasteiger partial charge on any atom is -0.356 e. The van der Waals surface area contributed by atoms with Crippen molar-refractivity contribution in [2.24, 2.45) is 4.99 Å². The Hall–Kier alpha value is -2.47. The molecule has 2 heterocycles. The number of aromatic nitrogens is 2. The summed E-state index contributed by atoms with van der Waals surface area (Å²) in [6.45, 7) is 1.67. The summed E-state index contributed by atoms with van der Waals surface area (Å²) >= 11 is 1.84. The molecule has 0 spiro atoms. The van der Waals surface area contributed by atoms with Crippen molar-refractivity contribution in [1.29, 1.82) is 0 Å². The molecule has 5 nitrogen and oxygen atoms in total. The van der Waals surface area contributed by atoms with Crippen LogP contribution in [0.1, 0.15) is 5.69 Å². The molecule has 2 N–H and O–H groups in total. The van der Waals surface area contributed by atoms with Crippen molar-refractivity contribution < 1.29 is 0 Å². The molecular formula is C19H23N5S. The van der Waals surface area contributed by atoms with Crippen LogP contribution in [0, 0.1) is 0 Å². The maximum Gasteiger partial charge on any atom is 0.191 e. The minimum absolute atomic E-state index is 0.801. The number of imidazole rings is 1. The molecule has 0 fully saturated rings. The number of nitrogens with one attached hydrogen (secondary N) is 2. The van der Waals surface area contributed by atoms with Gasteiger partial charge in [-0.05, 0) is 24.3 Å². The predicted molar refractivity (Wildman–Crippen MR) is 105 cm³/mol. The van der Waals surface area contributed by atoms with Gasteiger partial charge in [0.05, 0.1) is 5.69 Å². The number of aliphatic imine (C=N–C) groups is 1. The topological polar surface area (TPSA) is 53.7 Å². The van der Waals surface area contributed by atoms with Crippen molar-refractivity contribution >= 4 is 23.4 Å². The summed E-state index contributed by atoms with van der Waals surface area (Å²) in [5.41, 5.74) is 2.06. The molecule has 0 aliphatic heterocycles. The molecule has 25 heavy (non-hydrogen) atoms. The quantitative estimate of drug-likeness (QED) is 0.297. The summed E-state index contributed by atoms with van der Waals surface area (Å²) in [6, 6.07) is 16.5. The van der Waals surface area contributed by atoms with Gasteiger partial charge in [-0.25, -0.2) is 4.98 Å². The molecule has 0 atom stereocenters. The smallest absolute Gasteiger partial charge is 0.191 e. The Bertz CT molecular complexity index is 780. The second-order valence-electron chi connectivity index (χ2n) is 5.54. The van der Waals surface area contributed by atoms with E-state index in [2.05, 4.69) is 51.1 Å². The number of guanidine groups is 1. The Balaban J connectivity index is 1.37. The van der Waals surface area contributed by atoms with Crippen LogP contribution in [-0.4, -0.2) is 41.2 Å². The summed E-state index contributed by atoms with van der Waals surface area (Å²) in [6.07, 6.45) is 4.95. The molecule has 130 valence electrons. The second-order valence-corrected chi connectivity index (χ2v) is 6.70. The molecule has 0 radical (unpaired) electrons. The first-order valence-electron chi connectivity index (χ1n) is 8.40. The molecule has 3 aromatic rings. The number of thioether (sulfide) groups is 1. The van der Waals surface area contributed by atoms with Crippen molar-refractivity contribution in [3.05, 3.63) is 66.6 Å². The largest absolute Gasteiger partial charge is 0.356 e. The number of hydrogen-bond acceptors (Lipinski definition) is 3. The molecule has 0 aliphatic rings. The van der Waals surface area contributed by atoms with Crippen LogP contribution in [0.15, 0.2) is 70.8 Å². The number of fused-ring (bicyclic) bond motifs is 1. The Kier molecular flexibility index (Phi) is 6.34. The Morgan fingerprint density at radius 2 is 1.88 bits per heavy atom. The van der Waals surface area contributed by atoms with E-state index in [4.69, 9.17) is 0 Å². The first kappa shape index (κ1) is 17.4. The van der Waals surface area contributed by atoms with E-state index >= 15 is 0 Å². The van der Waals surface area contributed by atoms with Crippen LogP contribution in [0.3, 0.4) is 0 Å². The number of hydrogen-bond donors (Lipinski definition) is 2. The number of rotatable bonds is 7. The summed E-state index contributed by atoms with van der Waals surface area (Å²) in [5.74, 6) is 1.83. The van der Waals surface area contributed by atoms with Gasteiger partial charge in [0.15, 0.2) is 5.96 Å². The van der Waals surface area contributed by atoms with E-state index < -0.39 is 0 Å². The lowest BCUT2D eigenvalue weighted by molar-refractivity contribution is 0.802. The molecule has 0 saturated heterocycles. The SMILES string of the molecule is CN=C(NCCSc1ccccc1)NCCc1cn2ccccc2n1. The van der Waals surface area contributed by atoms with Crippen molar-refractivity contribution in [2.75, 3.05) is 25.9 Å². The molecule has 0 unspecified atom stereocenters. The van der Waals surface area contributed by atoms with Gasteiger partial charge in [-0.2, -0.15) is 0 Å². The van der Waals surface area contributed by atoms with E-state index in [0.717, 1.165) is 42.6 Å². The van der Waals surface area contributed by atoms with Crippen LogP contribution in [0.4, 0.5) is 0 Å². The number of benzene rings is 1. The molecule has 0 amide bonds. The van der Waals surface area contributed by atoms with Crippen LogP contribution in [0.25, 0.3) is 5.65 Å². The van der Waals surface area contributed by atoms with Crippen LogP contribution in [-0.2, 0) is 6.42 Å². The number of nitrogens with zero attached hydrogens (tertiary/aromatic N) is 3. The molecular weight excluding hydrogens is 330 g/mol. The first-order valence-corrected chi connectivity index (χ1v) is 9.39. The van der Waals surface area contributed by atoms with Gasteiger partial charge >= 0.3 is 0 Å². The fraction of sp³-hybridized carbons (Fsp3) is 0.263. The monoisotopic (exact) mass is 353 g/mol. The highest BCUT2D eigenvalue weighted by molar-refractivity contribution is 7.99. The molecule has 0 saturated carbocycles. The lowest BCUT2D eigenvalue weighted by Gasteiger charge is -2.11. The molecule has 0 bridgehead atoms. The van der Waals surface area contributed by atoms with Gasteiger partial charge in [-0.1, -0.05) is 24.3 Å². The Morgan fingerprint density at radius 1 is 1.08 bits per heavy atom. The minimum atomic E-state index is 0.801. The van der Waals surface area contributed by atoms with E-state index in [1.165, 1.54) is 4.90 Å². The highest BCUT2D eigenvalue weighted by Gasteiger charge is 2.02. The summed E-state index contributed by atoms with van der Waals surface area (Å²) in [4.78, 5) is 10.2. The van der Waals surface area contributed by atoms with E-state index in [9.17, 15) is 0 Å². The van der Waals surface area contributed by atoms with E-state index in [1.807, 2.05) is 46.6 Å².